The Kier molecular flexibility index (Phi) is 6.31. The molecule has 1 fully saturated rings. The lowest BCUT2D eigenvalue weighted by molar-refractivity contribution is -0.137. The number of nitrogens with zero attached hydrogens (tertiary/aromatic N) is 1. The Hall–Kier alpha value is -2.86. The number of aryl methyl sites for hydroxylation is 2. The first-order valence-electron chi connectivity index (χ1n) is 9.36. The number of rotatable bonds is 5. The van der Waals surface area contributed by atoms with Gasteiger partial charge in [-0.15, -0.1) is 0 Å². The van der Waals surface area contributed by atoms with Crippen molar-refractivity contribution in [1.29, 1.82) is 0 Å². The van der Waals surface area contributed by atoms with Crippen molar-refractivity contribution >= 4 is 11.8 Å². The van der Waals surface area contributed by atoms with E-state index in [0.29, 0.717) is 25.3 Å². The van der Waals surface area contributed by atoms with Crippen LogP contribution in [0.15, 0.2) is 42.5 Å². The second-order valence-corrected chi connectivity index (χ2v) is 6.96. The molecule has 2 aromatic rings. The fraction of sp³-hybridized carbons (Fsp3) is 0.364. The van der Waals surface area contributed by atoms with Gasteiger partial charge in [-0.1, -0.05) is 18.2 Å². The minimum absolute atomic E-state index is 0.0312. The molecule has 28 heavy (non-hydrogen) atoms. The molecule has 1 aliphatic rings. The van der Waals surface area contributed by atoms with Gasteiger partial charge in [-0.2, -0.15) is 0 Å². The molecular weight excluding hydrogens is 356 g/mol. The molecular formula is C22H26N2O4. The summed E-state index contributed by atoms with van der Waals surface area (Å²) in [5, 5.41) is 2.72. The lowest BCUT2D eigenvalue weighted by Gasteiger charge is -2.33. The molecule has 0 saturated carbocycles. The normalized spacial score (nSPS) is 16.5. The van der Waals surface area contributed by atoms with E-state index in [2.05, 4.69) is 5.32 Å². The Morgan fingerprint density at radius 1 is 1.18 bits per heavy atom. The summed E-state index contributed by atoms with van der Waals surface area (Å²) >= 11 is 0. The molecule has 1 atom stereocenters. The van der Waals surface area contributed by atoms with E-state index in [0.717, 1.165) is 22.4 Å². The number of nitrogens with one attached hydrogen (secondary N) is 1. The van der Waals surface area contributed by atoms with E-state index in [1.807, 2.05) is 50.2 Å². The predicted octanol–water partition coefficient (Wildman–Crippen LogP) is 2.64. The quantitative estimate of drug-likeness (QED) is 0.863. The number of benzene rings is 2. The first kappa shape index (κ1) is 19.9. The second kappa shape index (κ2) is 8.89. The summed E-state index contributed by atoms with van der Waals surface area (Å²) in [6.07, 6.45) is -0.205. The summed E-state index contributed by atoms with van der Waals surface area (Å²) in [5.41, 5.74) is 3.71. The number of amides is 2. The van der Waals surface area contributed by atoms with Gasteiger partial charge >= 0.3 is 0 Å². The van der Waals surface area contributed by atoms with Crippen LogP contribution < -0.4 is 10.1 Å². The van der Waals surface area contributed by atoms with Gasteiger partial charge in [-0.25, -0.2) is 0 Å². The number of hydrogen-bond donors (Lipinski definition) is 1. The standard InChI is InChI=1S/C22H26N2O4/c1-15-7-8-18(11-16(15)2)22(26)23-13-21(25)24-9-10-28-20(14-24)17-5-4-6-19(12-17)27-3/h4-8,11-12,20H,9-10,13-14H2,1-3H3,(H,23,26). The van der Waals surface area contributed by atoms with E-state index >= 15 is 0 Å². The molecule has 6 nitrogen and oxygen atoms in total. The number of methoxy groups -OCH3 is 1. The Bertz CT molecular complexity index is 865. The van der Waals surface area contributed by atoms with Crippen LogP contribution in [-0.4, -0.2) is 50.1 Å². The van der Waals surface area contributed by atoms with Gasteiger partial charge in [0.1, 0.15) is 11.9 Å². The van der Waals surface area contributed by atoms with Gasteiger partial charge in [0.05, 0.1) is 26.8 Å². The Balaban J connectivity index is 1.57. The predicted molar refractivity (Wildman–Crippen MR) is 107 cm³/mol. The molecule has 1 unspecified atom stereocenters. The van der Waals surface area contributed by atoms with Gasteiger partial charge in [-0.3, -0.25) is 9.59 Å². The third-order valence-corrected chi connectivity index (χ3v) is 5.05. The zero-order chi connectivity index (χ0) is 20.1. The van der Waals surface area contributed by atoms with Crippen molar-refractivity contribution in [3.63, 3.8) is 0 Å². The number of ether oxygens (including phenoxy) is 2. The minimum atomic E-state index is -0.242. The van der Waals surface area contributed by atoms with Crippen molar-refractivity contribution in [2.75, 3.05) is 33.4 Å². The lowest BCUT2D eigenvalue weighted by Crippen LogP contribution is -2.46. The molecule has 0 aliphatic carbocycles. The SMILES string of the molecule is COc1cccc(C2CN(C(=O)CNC(=O)c3ccc(C)c(C)c3)CCO2)c1. The monoisotopic (exact) mass is 382 g/mol. The fourth-order valence-electron chi connectivity index (χ4n) is 3.17. The van der Waals surface area contributed by atoms with Crippen LogP contribution in [0.5, 0.6) is 5.75 Å². The molecule has 0 spiro atoms. The third-order valence-electron chi connectivity index (χ3n) is 5.05. The molecule has 1 aliphatic heterocycles. The highest BCUT2D eigenvalue weighted by molar-refractivity contribution is 5.96. The first-order valence-corrected chi connectivity index (χ1v) is 9.36. The highest BCUT2D eigenvalue weighted by Crippen LogP contribution is 2.25. The van der Waals surface area contributed by atoms with Crippen molar-refractivity contribution in [1.82, 2.24) is 10.2 Å². The van der Waals surface area contributed by atoms with Crippen LogP contribution in [0.25, 0.3) is 0 Å². The van der Waals surface area contributed by atoms with Gasteiger partial charge < -0.3 is 19.7 Å². The average molecular weight is 382 g/mol. The minimum Gasteiger partial charge on any atom is -0.497 e. The van der Waals surface area contributed by atoms with E-state index in [4.69, 9.17) is 9.47 Å². The highest BCUT2D eigenvalue weighted by Gasteiger charge is 2.25. The maximum Gasteiger partial charge on any atom is 0.251 e. The van der Waals surface area contributed by atoms with Crippen LogP contribution in [-0.2, 0) is 9.53 Å². The molecule has 1 N–H and O–H groups in total. The van der Waals surface area contributed by atoms with Crippen molar-refractivity contribution in [3.8, 4) is 5.75 Å². The molecule has 1 heterocycles. The van der Waals surface area contributed by atoms with E-state index in [-0.39, 0.29) is 24.5 Å². The largest absolute Gasteiger partial charge is 0.497 e. The summed E-state index contributed by atoms with van der Waals surface area (Å²) in [6.45, 7) is 5.35. The Morgan fingerprint density at radius 3 is 2.75 bits per heavy atom. The lowest BCUT2D eigenvalue weighted by atomic mass is 10.1. The van der Waals surface area contributed by atoms with Gasteiger partial charge in [0.25, 0.3) is 5.91 Å². The topological polar surface area (TPSA) is 67.9 Å². The summed E-state index contributed by atoms with van der Waals surface area (Å²) < 4.78 is 11.1. The molecule has 6 heteroatoms. The molecule has 3 rings (SSSR count). The van der Waals surface area contributed by atoms with Crippen LogP contribution in [0.1, 0.15) is 33.2 Å². The maximum atomic E-state index is 12.6. The van der Waals surface area contributed by atoms with Crippen molar-refractivity contribution in [3.05, 3.63) is 64.7 Å². The Labute approximate surface area is 165 Å². The zero-order valence-corrected chi connectivity index (χ0v) is 16.5. The van der Waals surface area contributed by atoms with Crippen LogP contribution in [0.4, 0.5) is 0 Å². The number of morpholine rings is 1. The zero-order valence-electron chi connectivity index (χ0n) is 16.5. The van der Waals surface area contributed by atoms with E-state index in [9.17, 15) is 9.59 Å². The van der Waals surface area contributed by atoms with Crippen LogP contribution in [0.3, 0.4) is 0 Å². The van der Waals surface area contributed by atoms with E-state index < -0.39 is 0 Å². The summed E-state index contributed by atoms with van der Waals surface area (Å²) in [5.74, 6) is 0.396. The maximum absolute atomic E-state index is 12.6. The van der Waals surface area contributed by atoms with Gasteiger partial charge in [0.2, 0.25) is 5.91 Å². The summed E-state index contributed by atoms with van der Waals surface area (Å²) in [7, 11) is 1.62. The number of carbonyl (C=O) groups is 2. The van der Waals surface area contributed by atoms with Gasteiger partial charge in [0, 0.05) is 12.1 Å². The first-order chi connectivity index (χ1) is 13.5. The molecule has 148 valence electrons. The molecule has 1 saturated heterocycles. The highest BCUT2D eigenvalue weighted by atomic mass is 16.5. The second-order valence-electron chi connectivity index (χ2n) is 6.96. The molecule has 0 aromatic heterocycles. The molecule has 2 aromatic carbocycles. The fourth-order valence-corrected chi connectivity index (χ4v) is 3.17. The van der Waals surface area contributed by atoms with Gasteiger partial charge in [-0.05, 0) is 54.8 Å². The smallest absolute Gasteiger partial charge is 0.251 e. The van der Waals surface area contributed by atoms with Crippen LogP contribution >= 0.6 is 0 Å². The number of carbonyl (C=O) groups excluding carboxylic acids is 2. The van der Waals surface area contributed by atoms with E-state index in [1.54, 1.807) is 18.1 Å². The Morgan fingerprint density at radius 2 is 2.00 bits per heavy atom. The van der Waals surface area contributed by atoms with Crippen LogP contribution in [0, 0.1) is 13.8 Å². The van der Waals surface area contributed by atoms with E-state index in [1.165, 1.54) is 0 Å². The molecule has 0 bridgehead atoms. The van der Waals surface area contributed by atoms with Crippen molar-refractivity contribution in [2.24, 2.45) is 0 Å². The van der Waals surface area contributed by atoms with Crippen LogP contribution in [0.2, 0.25) is 0 Å². The number of hydrogen-bond acceptors (Lipinski definition) is 4. The summed E-state index contributed by atoms with van der Waals surface area (Å²) in [4.78, 5) is 26.6. The van der Waals surface area contributed by atoms with Crippen molar-refractivity contribution in [2.45, 2.75) is 20.0 Å². The van der Waals surface area contributed by atoms with Crippen molar-refractivity contribution < 1.29 is 19.1 Å². The van der Waals surface area contributed by atoms with Gasteiger partial charge in [0.15, 0.2) is 0 Å². The third kappa shape index (κ3) is 4.70. The summed E-state index contributed by atoms with van der Waals surface area (Å²) in [6, 6.07) is 13.2. The average Bonchev–Trinajstić information content (AvgIpc) is 2.73. The molecule has 0 radical (unpaired) electrons. The molecule has 2 amide bonds.